The lowest BCUT2D eigenvalue weighted by Gasteiger charge is -2.43. The van der Waals surface area contributed by atoms with E-state index in [-0.39, 0.29) is 5.92 Å². The molecule has 1 atom stereocenters. The van der Waals surface area contributed by atoms with Crippen molar-refractivity contribution in [2.75, 3.05) is 38.0 Å². The fourth-order valence-electron chi connectivity index (χ4n) is 5.25. The molecule has 0 saturated carbocycles. The molecule has 0 bridgehead atoms. The number of halogens is 4. The molecule has 2 aliphatic heterocycles. The van der Waals surface area contributed by atoms with Crippen LogP contribution in [0.3, 0.4) is 0 Å². The van der Waals surface area contributed by atoms with Crippen molar-refractivity contribution in [1.29, 1.82) is 0 Å². The third-order valence-electron chi connectivity index (χ3n) is 7.56. The van der Waals surface area contributed by atoms with Crippen LogP contribution in [0.4, 0.5) is 18.9 Å². The van der Waals surface area contributed by atoms with E-state index in [0.29, 0.717) is 42.6 Å². The third-order valence-corrected chi connectivity index (χ3v) is 8.14. The Hall–Kier alpha value is -1.91. The Morgan fingerprint density at radius 1 is 1.11 bits per heavy atom. The van der Waals surface area contributed by atoms with E-state index in [1.54, 1.807) is 12.1 Å². The zero-order valence-corrected chi connectivity index (χ0v) is 22.3. The average Bonchev–Trinajstić information content (AvgIpc) is 2.84. The van der Waals surface area contributed by atoms with Gasteiger partial charge in [-0.1, -0.05) is 23.7 Å². The number of alkyl halides is 3. The summed E-state index contributed by atoms with van der Waals surface area (Å²) in [6.45, 7) is 4.81. The Morgan fingerprint density at radius 3 is 2.30 bits per heavy atom. The van der Waals surface area contributed by atoms with Crippen molar-refractivity contribution < 1.29 is 23.4 Å². The zero-order chi connectivity index (χ0) is 26.8. The molecule has 3 N–H and O–H groups in total. The van der Waals surface area contributed by atoms with Gasteiger partial charge in [-0.3, -0.25) is 0 Å². The summed E-state index contributed by atoms with van der Waals surface area (Å²) >= 11 is 11.7. The standard InChI is InChI=1S/C27H33ClF3N3O2S/c1-18-14-22(28)16-23(15-18)32-25(37)34-12-8-26(36,9-13-34)24(35)17-33-10-6-20(7-11-33)19-2-4-21(5-3-19)27(29,30)31/h2-5,14-16,20,24,35-36H,6-13,17H2,1H3,(H,32,37). The average molecular weight is 556 g/mol. The fraction of sp³-hybridized carbons (Fsp3) is 0.519. The van der Waals surface area contributed by atoms with Crippen LogP contribution in [0.2, 0.25) is 5.02 Å². The fourth-order valence-corrected chi connectivity index (χ4v) is 5.84. The molecule has 0 radical (unpaired) electrons. The van der Waals surface area contributed by atoms with E-state index in [0.717, 1.165) is 54.9 Å². The van der Waals surface area contributed by atoms with Gasteiger partial charge in [0.15, 0.2) is 5.11 Å². The van der Waals surface area contributed by atoms with Crippen molar-refractivity contribution in [3.8, 4) is 0 Å². The Morgan fingerprint density at radius 2 is 1.73 bits per heavy atom. The number of β-amino-alcohol motifs (C(OH)–C–C–N with tert-alkyl or cyclic N) is 1. The molecule has 202 valence electrons. The van der Waals surface area contributed by atoms with E-state index in [4.69, 9.17) is 23.8 Å². The molecule has 2 fully saturated rings. The van der Waals surface area contributed by atoms with Crippen molar-refractivity contribution in [2.24, 2.45) is 0 Å². The van der Waals surface area contributed by atoms with Crippen LogP contribution >= 0.6 is 23.8 Å². The molecular weight excluding hydrogens is 523 g/mol. The number of hydrogen-bond acceptors (Lipinski definition) is 4. The summed E-state index contributed by atoms with van der Waals surface area (Å²) in [5.41, 5.74) is 0.931. The van der Waals surface area contributed by atoms with Gasteiger partial charge in [-0.25, -0.2) is 0 Å². The number of likely N-dealkylation sites (tertiary alicyclic amines) is 2. The third kappa shape index (κ3) is 7.15. The number of thiocarbonyl (C=S) groups is 1. The predicted molar refractivity (Wildman–Crippen MR) is 144 cm³/mol. The van der Waals surface area contributed by atoms with E-state index in [1.165, 1.54) is 0 Å². The second-order valence-electron chi connectivity index (χ2n) is 10.2. The first-order valence-electron chi connectivity index (χ1n) is 12.6. The van der Waals surface area contributed by atoms with Crippen LogP contribution in [-0.2, 0) is 6.18 Å². The maximum absolute atomic E-state index is 12.8. The molecule has 1 unspecified atom stereocenters. The monoisotopic (exact) mass is 555 g/mol. The highest BCUT2D eigenvalue weighted by molar-refractivity contribution is 7.80. The van der Waals surface area contributed by atoms with Crippen molar-refractivity contribution in [1.82, 2.24) is 9.80 Å². The molecule has 0 spiro atoms. The molecule has 4 rings (SSSR count). The number of aliphatic hydroxyl groups excluding tert-OH is 1. The van der Waals surface area contributed by atoms with Crippen LogP contribution in [0.1, 0.15) is 48.3 Å². The molecule has 0 aromatic heterocycles. The highest BCUT2D eigenvalue weighted by Gasteiger charge is 2.40. The largest absolute Gasteiger partial charge is 0.416 e. The molecule has 37 heavy (non-hydrogen) atoms. The van der Waals surface area contributed by atoms with Crippen molar-refractivity contribution in [2.45, 2.75) is 56.4 Å². The maximum Gasteiger partial charge on any atom is 0.416 e. The second kappa shape index (κ2) is 11.5. The Kier molecular flexibility index (Phi) is 8.70. The van der Waals surface area contributed by atoms with E-state index >= 15 is 0 Å². The van der Waals surface area contributed by atoms with Gasteiger partial charge in [0, 0.05) is 30.3 Å². The van der Waals surface area contributed by atoms with Crippen LogP contribution in [-0.4, -0.2) is 69.6 Å². The van der Waals surface area contributed by atoms with E-state index in [9.17, 15) is 23.4 Å². The Labute approximate surface area is 226 Å². The van der Waals surface area contributed by atoms with Gasteiger partial charge in [0.2, 0.25) is 0 Å². The zero-order valence-electron chi connectivity index (χ0n) is 20.8. The Bertz CT molecular complexity index is 1060. The predicted octanol–water partition coefficient (Wildman–Crippen LogP) is 5.43. The summed E-state index contributed by atoms with van der Waals surface area (Å²) in [6.07, 6.45) is -2.83. The molecule has 2 heterocycles. The van der Waals surface area contributed by atoms with E-state index < -0.39 is 23.4 Å². The van der Waals surface area contributed by atoms with Gasteiger partial charge in [0.1, 0.15) is 0 Å². The lowest BCUT2D eigenvalue weighted by atomic mass is 9.84. The lowest BCUT2D eigenvalue weighted by Crippen LogP contribution is -2.56. The van der Waals surface area contributed by atoms with Crippen LogP contribution < -0.4 is 5.32 Å². The minimum absolute atomic E-state index is 0.193. The molecular formula is C27H33ClF3N3O2S. The topological polar surface area (TPSA) is 59.0 Å². The van der Waals surface area contributed by atoms with Gasteiger partial charge in [0.05, 0.1) is 17.3 Å². The number of rotatable bonds is 5. The summed E-state index contributed by atoms with van der Waals surface area (Å²) < 4.78 is 38.5. The number of piperidine rings is 2. The molecule has 2 aromatic carbocycles. The van der Waals surface area contributed by atoms with Gasteiger partial charge >= 0.3 is 6.18 Å². The van der Waals surface area contributed by atoms with Crippen molar-refractivity contribution >= 4 is 34.6 Å². The molecule has 5 nitrogen and oxygen atoms in total. The van der Waals surface area contributed by atoms with Gasteiger partial charge in [0.25, 0.3) is 0 Å². The molecule has 0 aliphatic carbocycles. The van der Waals surface area contributed by atoms with Crippen LogP contribution in [0, 0.1) is 6.92 Å². The number of aliphatic hydroxyl groups is 2. The number of benzene rings is 2. The SMILES string of the molecule is Cc1cc(Cl)cc(NC(=S)N2CCC(O)(C(O)CN3CCC(c4ccc(C(F)(F)F)cc4)CC3)CC2)c1. The number of nitrogens with one attached hydrogen (secondary N) is 1. The van der Waals surface area contributed by atoms with Crippen molar-refractivity contribution in [3.63, 3.8) is 0 Å². The smallest absolute Gasteiger partial charge is 0.389 e. The highest BCUT2D eigenvalue weighted by Crippen LogP contribution is 2.34. The quantitative estimate of drug-likeness (QED) is 0.428. The van der Waals surface area contributed by atoms with E-state index in [1.807, 2.05) is 30.0 Å². The van der Waals surface area contributed by atoms with E-state index in [2.05, 4.69) is 10.2 Å². The minimum atomic E-state index is -4.33. The molecule has 0 amide bonds. The number of hydrogen-bond donors (Lipinski definition) is 3. The minimum Gasteiger partial charge on any atom is -0.389 e. The van der Waals surface area contributed by atoms with Gasteiger partial charge in [-0.2, -0.15) is 13.2 Å². The number of nitrogens with zero attached hydrogens (tertiary/aromatic N) is 2. The summed E-state index contributed by atoms with van der Waals surface area (Å²) in [5.74, 6) is 0.193. The maximum atomic E-state index is 12.8. The van der Waals surface area contributed by atoms with Crippen LogP contribution in [0.15, 0.2) is 42.5 Å². The molecule has 2 saturated heterocycles. The number of aryl methyl sites for hydroxylation is 1. The van der Waals surface area contributed by atoms with Gasteiger partial charge < -0.3 is 25.3 Å². The summed E-state index contributed by atoms with van der Waals surface area (Å²) in [7, 11) is 0. The first kappa shape index (κ1) is 28.1. The van der Waals surface area contributed by atoms with Gasteiger partial charge in [-0.15, -0.1) is 0 Å². The molecule has 2 aromatic rings. The normalized spacial score (nSPS) is 20.0. The first-order valence-corrected chi connectivity index (χ1v) is 13.3. The number of anilines is 1. The Balaban J connectivity index is 1.24. The summed E-state index contributed by atoms with van der Waals surface area (Å²) in [6, 6.07) is 11.1. The molecule has 10 heteroatoms. The second-order valence-corrected chi connectivity index (χ2v) is 11.1. The highest BCUT2D eigenvalue weighted by atomic mass is 35.5. The van der Waals surface area contributed by atoms with Gasteiger partial charge in [-0.05, 0) is 105 Å². The van der Waals surface area contributed by atoms with Crippen LogP contribution in [0.5, 0.6) is 0 Å². The first-order chi connectivity index (χ1) is 17.4. The lowest BCUT2D eigenvalue weighted by molar-refractivity contribution is -0.137. The summed E-state index contributed by atoms with van der Waals surface area (Å²) in [4.78, 5) is 4.12. The molecule has 2 aliphatic rings. The van der Waals surface area contributed by atoms with Crippen molar-refractivity contribution in [3.05, 3.63) is 64.2 Å². The van der Waals surface area contributed by atoms with Crippen LogP contribution in [0.25, 0.3) is 0 Å². The summed E-state index contributed by atoms with van der Waals surface area (Å²) in [5, 5.41) is 26.5.